The summed E-state index contributed by atoms with van der Waals surface area (Å²) in [5.74, 6) is -0.848. The van der Waals surface area contributed by atoms with E-state index in [2.05, 4.69) is 10.3 Å². The van der Waals surface area contributed by atoms with Crippen molar-refractivity contribution in [1.29, 1.82) is 0 Å². The van der Waals surface area contributed by atoms with Gasteiger partial charge < -0.3 is 10.0 Å². The molecule has 1 aromatic heterocycles. The van der Waals surface area contributed by atoms with Gasteiger partial charge in [-0.25, -0.2) is 9.78 Å². The summed E-state index contributed by atoms with van der Waals surface area (Å²) in [4.78, 5) is 28.3. The number of amides is 2. The molecule has 2 amide bonds. The van der Waals surface area contributed by atoms with Crippen molar-refractivity contribution >= 4 is 28.5 Å². The number of carbonyl (C=O) groups excluding carboxylic acids is 1. The lowest BCUT2D eigenvalue weighted by molar-refractivity contribution is -0.137. The number of aromatic nitrogens is 1. The quantitative estimate of drug-likeness (QED) is 0.841. The Bertz CT molecular complexity index is 445. The molecule has 0 unspecified atom stereocenters. The van der Waals surface area contributed by atoms with Crippen molar-refractivity contribution in [1.82, 2.24) is 9.88 Å². The third kappa shape index (κ3) is 5.25. The van der Waals surface area contributed by atoms with Gasteiger partial charge in [0, 0.05) is 24.4 Å². The summed E-state index contributed by atoms with van der Waals surface area (Å²) in [7, 11) is 0. The van der Waals surface area contributed by atoms with E-state index in [0.29, 0.717) is 18.1 Å². The standard InChI is InChI=1S/C12H19N3O3S/c1-8(2)15(6-4-5-10(16)17)12(18)14-11-13-9(3)7-19-11/h7-8H,4-6H2,1-3H3,(H,16,17)(H,13,14,18). The van der Waals surface area contributed by atoms with Crippen LogP contribution in [0.2, 0.25) is 0 Å². The van der Waals surface area contributed by atoms with E-state index in [1.807, 2.05) is 26.2 Å². The van der Waals surface area contributed by atoms with Crippen LogP contribution >= 0.6 is 11.3 Å². The molecule has 0 aliphatic rings. The minimum absolute atomic E-state index is 0.00912. The lowest BCUT2D eigenvalue weighted by Gasteiger charge is -2.26. The average molecular weight is 285 g/mol. The first-order valence-electron chi connectivity index (χ1n) is 6.11. The third-order valence-corrected chi connectivity index (χ3v) is 3.38. The Kier molecular flexibility index (Phi) is 5.75. The van der Waals surface area contributed by atoms with Crippen LogP contribution in [-0.2, 0) is 4.79 Å². The lowest BCUT2D eigenvalue weighted by Crippen LogP contribution is -2.40. The lowest BCUT2D eigenvalue weighted by atomic mass is 10.2. The second-order valence-corrected chi connectivity index (χ2v) is 5.37. The van der Waals surface area contributed by atoms with Gasteiger partial charge in [0.25, 0.3) is 0 Å². The second-order valence-electron chi connectivity index (χ2n) is 4.51. The van der Waals surface area contributed by atoms with Crippen LogP contribution in [-0.4, -0.2) is 39.6 Å². The van der Waals surface area contributed by atoms with E-state index in [-0.39, 0.29) is 18.5 Å². The molecule has 2 N–H and O–H groups in total. The van der Waals surface area contributed by atoms with Crippen LogP contribution in [0.15, 0.2) is 5.38 Å². The van der Waals surface area contributed by atoms with Crippen LogP contribution in [0, 0.1) is 6.92 Å². The Hall–Kier alpha value is -1.63. The first-order chi connectivity index (χ1) is 8.90. The maximum Gasteiger partial charge on any atom is 0.323 e. The van der Waals surface area contributed by atoms with Crippen molar-refractivity contribution in [2.24, 2.45) is 0 Å². The number of aliphatic carboxylic acids is 1. The summed E-state index contributed by atoms with van der Waals surface area (Å²) in [5, 5.41) is 13.8. The number of nitrogens with zero attached hydrogens (tertiary/aromatic N) is 2. The third-order valence-electron chi connectivity index (χ3n) is 2.51. The molecule has 0 saturated heterocycles. The molecule has 0 atom stereocenters. The molecular weight excluding hydrogens is 266 g/mol. The molecule has 0 saturated carbocycles. The van der Waals surface area contributed by atoms with Gasteiger partial charge in [0.15, 0.2) is 5.13 Å². The van der Waals surface area contributed by atoms with Crippen LogP contribution in [0.25, 0.3) is 0 Å². The molecule has 0 aliphatic carbocycles. The van der Waals surface area contributed by atoms with Crippen LogP contribution in [0.3, 0.4) is 0 Å². The zero-order valence-electron chi connectivity index (χ0n) is 11.3. The monoisotopic (exact) mass is 285 g/mol. The van der Waals surface area contributed by atoms with E-state index in [1.165, 1.54) is 11.3 Å². The van der Waals surface area contributed by atoms with Crippen molar-refractivity contribution in [3.05, 3.63) is 11.1 Å². The highest BCUT2D eigenvalue weighted by atomic mass is 32.1. The normalized spacial score (nSPS) is 10.5. The largest absolute Gasteiger partial charge is 0.481 e. The van der Waals surface area contributed by atoms with Crippen molar-refractivity contribution < 1.29 is 14.7 Å². The fraction of sp³-hybridized carbons (Fsp3) is 0.583. The number of aryl methyl sites for hydroxylation is 1. The van der Waals surface area contributed by atoms with Crippen molar-refractivity contribution in [2.75, 3.05) is 11.9 Å². The number of carboxylic acids is 1. The van der Waals surface area contributed by atoms with Gasteiger partial charge in [-0.15, -0.1) is 11.3 Å². The Labute approximate surface area is 116 Å². The molecule has 7 heteroatoms. The van der Waals surface area contributed by atoms with Crippen LogP contribution in [0.1, 0.15) is 32.4 Å². The Morgan fingerprint density at radius 3 is 2.68 bits per heavy atom. The van der Waals surface area contributed by atoms with E-state index in [4.69, 9.17) is 5.11 Å². The van der Waals surface area contributed by atoms with Crippen molar-refractivity contribution in [3.8, 4) is 0 Å². The number of anilines is 1. The fourth-order valence-corrected chi connectivity index (χ4v) is 2.25. The highest BCUT2D eigenvalue weighted by molar-refractivity contribution is 7.13. The highest BCUT2D eigenvalue weighted by Crippen LogP contribution is 2.15. The molecule has 1 rings (SSSR count). The van der Waals surface area contributed by atoms with Crippen molar-refractivity contribution in [2.45, 2.75) is 39.7 Å². The number of rotatable bonds is 6. The second kappa shape index (κ2) is 7.08. The summed E-state index contributed by atoms with van der Waals surface area (Å²) >= 11 is 1.37. The average Bonchev–Trinajstić information content (AvgIpc) is 2.69. The van der Waals surface area contributed by atoms with E-state index in [0.717, 1.165) is 5.69 Å². The van der Waals surface area contributed by atoms with E-state index in [9.17, 15) is 9.59 Å². The highest BCUT2D eigenvalue weighted by Gasteiger charge is 2.18. The van der Waals surface area contributed by atoms with E-state index < -0.39 is 5.97 Å². The summed E-state index contributed by atoms with van der Waals surface area (Å²) in [6.07, 6.45) is 0.505. The predicted molar refractivity (Wildman–Crippen MR) is 74.6 cm³/mol. The zero-order valence-corrected chi connectivity index (χ0v) is 12.2. The molecule has 0 fully saturated rings. The molecule has 0 radical (unpaired) electrons. The smallest absolute Gasteiger partial charge is 0.323 e. The minimum Gasteiger partial charge on any atom is -0.481 e. The molecule has 1 heterocycles. The van der Waals surface area contributed by atoms with Crippen molar-refractivity contribution in [3.63, 3.8) is 0 Å². The number of carboxylic acid groups (broad SMARTS) is 1. The summed E-state index contributed by atoms with van der Waals surface area (Å²) in [6.45, 7) is 6.07. The minimum atomic E-state index is -0.848. The number of hydrogen-bond donors (Lipinski definition) is 2. The van der Waals surface area contributed by atoms with Gasteiger partial charge in [-0.2, -0.15) is 0 Å². The van der Waals surface area contributed by atoms with Crippen LogP contribution in [0.4, 0.5) is 9.93 Å². The number of urea groups is 1. The summed E-state index contributed by atoms with van der Waals surface area (Å²) in [5.41, 5.74) is 0.863. The molecule has 6 nitrogen and oxygen atoms in total. The summed E-state index contributed by atoms with van der Waals surface area (Å²) < 4.78 is 0. The summed E-state index contributed by atoms with van der Waals surface area (Å²) in [6, 6.07) is -0.232. The van der Waals surface area contributed by atoms with Gasteiger partial charge in [0.05, 0.1) is 5.69 Å². The molecule has 0 aromatic carbocycles. The molecule has 1 aromatic rings. The number of carbonyl (C=O) groups is 2. The first kappa shape index (κ1) is 15.4. The van der Waals surface area contributed by atoms with Gasteiger partial charge in [-0.05, 0) is 27.2 Å². The Balaban J connectivity index is 2.55. The maximum absolute atomic E-state index is 12.1. The predicted octanol–water partition coefficient (Wildman–Crippen LogP) is 2.56. The molecule has 0 aliphatic heterocycles. The van der Waals surface area contributed by atoms with E-state index in [1.54, 1.807) is 4.90 Å². The van der Waals surface area contributed by atoms with Gasteiger partial charge in [-0.3, -0.25) is 10.1 Å². The van der Waals surface area contributed by atoms with Gasteiger partial charge >= 0.3 is 12.0 Å². The molecular formula is C12H19N3O3S. The molecule has 19 heavy (non-hydrogen) atoms. The topological polar surface area (TPSA) is 82.5 Å². The van der Waals surface area contributed by atoms with Gasteiger partial charge in [0.2, 0.25) is 0 Å². The SMILES string of the molecule is Cc1csc(NC(=O)N(CCCC(=O)O)C(C)C)n1. The fourth-order valence-electron chi connectivity index (χ4n) is 1.57. The Morgan fingerprint density at radius 2 is 2.21 bits per heavy atom. The molecule has 0 spiro atoms. The van der Waals surface area contributed by atoms with E-state index >= 15 is 0 Å². The van der Waals surface area contributed by atoms with Gasteiger partial charge in [0.1, 0.15) is 0 Å². The zero-order chi connectivity index (χ0) is 14.4. The molecule has 0 bridgehead atoms. The first-order valence-corrected chi connectivity index (χ1v) is 6.99. The maximum atomic E-state index is 12.1. The number of nitrogens with one attached hydrogen (secondary N) is 1. The molecule has 106 valence electrons. The number of hydrogen-bond acceptors (Lipinski definition) is 4. The van der Waals surface area contributed by atoms with Gasteiger partial charge in [-0.1, -0.05) is 0 Å². The Morgan fingerprint density at radius 1 is 1.53 bits per heavy atom. The van der Waals surface area contributed by atoms with Crippen LogP contribution in [0.5, 0.6) is 0 Å². The van der Waals surface area contributed by atoms with Crippen LogP contribution < -0.4 is 5.32 Å². The number of thiazole rings is 1.